The van der Waals surface area contributed by atoms with Crippen LogP contribution in [0.5, 0.6) is 11.5 Å². The summed E-state index contributed by atoms with van der Waals surface area (Å²) < 4.78 is 5.74. The summed E-state index contributed by atoms with van der Waals surface area (Å²) in [5, 5.41) is 24.1. The molecule has 8 heteroatoms. The third-order valence-electron chi connectivity index (χ3n) is 3.19. The minimum Gasteiger partial charge on any atom is -0.457 e. The lowest BCUT2D eigenvalue weighted by Crippen LogP contribution is -2.20. The van der Waals surface area contributed by atoms with E-state index in [0.717, 1.165) is 5.56 Å². The zero-order valence-electron chi connectivity index (χ0n) is 12.8. The number of ether oxygens (including phenoxy) is 1. The number of aliphatic hydroxyl groups excluding tert-OH is 1. The lowest BCUT2D eigenvalue weighted by molar-refractivity contribution is -0.384. The maximum absolute atomic E-state index is 11.1. The predicted octanol–water partition coefficient (Wildman–Crippen LogP) is 4.36. The topological polar surface area (TPSA) is 84.6 Å². The second kappa shape index (κ2) is 8.19. The molecule has 2 N–H and O–H groups in total. The number of aliphatic hydroxyl groups is 1. The van der Waals surface area contributed by atoms with Crippen LogP contribution < -0.4 is 10.1 Å². The Balaban J connectivity index is 2.27. The Hall–Kier alpha value is -2.02. The number of anilines is 1. The maximum Gasteiger partial charge on any atom is 0.275 e. The molecule has 0 bridgehead atoms. The largest absolute Gasteiger partial charge is 0.457 e. The second-order valence-corrected chi connectivity index (χ2v) is 5.92. The van der Waals surface area contributed by atoms with Crippen molar-refractivity contribution in [2.24, 2.45) is 0 Å². The monoisotopic (exact) mass is 370 g/mol. The molecule has 2 aromatic rings. The highest BCUT2D eigenvalue weighted by molar-refractivity contribution is 6.30. The molecule has 0 saturated heterocycles. The van der Waals surface area contributed by atoms with Gasteiger partial charge in [0.1, 0.15) is 11.5 Å². The molecule has 1 unspecified atom stereocenters. The molecule has 0 heterocycles. The number of nitro groups is 1. The average molecular weight is 371 g/mol. The van der Waals surface area contributed by atoms with Crippen LogP contribution in [0.4, 0.5) is 11.4 Å². The van der Waals surface area contributed by atoms with Gasteiger partial charge in [0.25, 0.3) is 5.69 Å². The Bertz CT molecular complexity index is 740. The smallest absolute Gasteiger partial charge is 0.275 e. The van der Waals surface area contributed by atoms with Gasteiger partial charge in [0, 0.05) is 29.4 Å². The van der Waals surface area contributed by atoms with E-state index in [2.05, 4.69) is 5.32 Å². The van der Waals surface area contributed by atoms with Crippen molar-refractivity contribution in [2.75, 3.05) is 17.7 Å². The number of aryl methyl sites for hydroxylation is 1. The lowest BCUT2D eigenvalue weighted by atomic mass is 10.2. The van der Waals surface area contributed by atoms with Gasteiger partial charge in [-0.1, -0.05) is 11.6 Å². The highest BCUT2D eigenvalue weighted by atomic mass is 35.5. The van der Waals surface area contributed by atoms with Gasteiger partial charge in [0.05, 0.1) is 23.0 Å². The first-order valence-electron chi connectivity index (χ1n) is 7.10. The number of non-ortho nitro benzene ring substituents is 1. The first-order chi connectivity index (χ1) is 11.4. The van der Waals surface area contributed by atoms with Crippen LogP contribution in [0, 0.1) is 17.0 Å². The number of alkyl halides is 1. The maximum atomic E-state index is 11.1. The molecular formula is C16H16Cl2N2O4. The molecule has 0 aliphatic carbocycles. The fraction of sp³-hybridized carbons (Fsp3) is 0.250. The van der Waals surface area contributed by atoms with Crippen LogP contribution in [-0.2, 0) is 0 Å². The molecule has 1 atom stereocenters. The Morgan fingerprint density at radius 2 is 2.08 bits per heavy atom. The summed E-state index contributed by atoms with van der Waals surface area (Å²) in [6, 6.07) is 9.42. The first-order valence-corrected chi connectivity index (χ1v) is 8.01. The molecule has 6 nitrogen and oxygen atoms in total. The normalized spacial score (nSPS) is 11.8. The van der Waals surface area contributed by atoms with Crippen LogP contribution >= 0.6 is 23.2 Å². The third kappa shape index (κ3) is 4.99. The Morgan fingerprint density at radius 1 is 1.33 bits per heavy atom. The van der Waals surface area contributed by atoms with Crippen molar-refractivity contribution in [1.29, 1.82) is 0 Å². The number of benzene rings is 2. The van der Waals surface area contributed by atoms with E-state index >= 15 is 0 Å². The van der Waals surface area contributed by atoms with E-state index in [1.165, 1.54) is 12.1 Å². The van der Waals surface area contributed by atoms with Crippen molar-refractivity contribution in [3.8, 4) is 11.5 Å². The number of halogens is 2. The SMILES string of the molecule is Cc1cc(Cl)ccc1Oc1cc(NCC(O)CCl)cc([N+](=O)[O-])c1. The van der Waals surface area contributed by atoms with E-state index in [1.54, 1.807) is 24.3 Å². The molecule has 2 aromatic carbocycles. The van der Waals surface area contributed by atoms with Crippen LogP contribution in [0.1, 0.15) is 5.56 Å². The summed E-state index contributed by atoms with van der Waals surface area (Å²) in [5.74, 6) is 0.916. The summed E-state index contributed by atoms with van der Waals surface area (Å²) >= 11 is 11.4. The van der Waals surface area contributed by atoms with E-state index < -0.39 is 11.0 Å². The fourth-order valence-corrected chi connectivity index (χ4v) is 2.33. The standard InChI is InChI=1S/C16H16Cl2N2O4/c1-10-4-11(18)2-3-16(10)24-15-6-12(19-9-14(21)8-17)5-13(7-15)20(22)23/h2-7,14,19,21H,8-9H2,1H3. The summed E-state index contributed by atoms with van der Waals surface area (Å²) in [6.45, 7) is 2.00. The quantitative estimate of drug-likeness (QED) is 0.429. The van der Waals surface area contributed by atoms with Crippen LogP contribution in [-0.4, -0.2) is 28.6 Å². The fourth-order valence-electron chi connectivity index (χ4n) is 1.99. The van der Waals surface area contributed by atoms with Crippen molar-refractivity contribution < 1.29 is 14.8 Å². The molecule has 0 aliphatic rings. The molecule has 128 valence electrons. The molecular weight excluding hydrogens is 355 g/mol. The van der Waals surface area contributed by atoms with E-state index in [9.17, 15) is 15.2 Å². The van der Waals surface area contributed by atoms with Gasteiger partial charge in [0.2, 0.25) is 0 Å². The number of rotatable bonds is 7. The van der Waals surface area contributed by atoms with E-state index in [0.29, 0.717) is 22.2 Å². The molecule has 24 heavy (non-hydrogen) atoms. The van der Waals surface area contributed by atoms with Crippen molar-refractivity contribution in [3.63, 3.8) is 0 Å². The number of nitro benzene ring substituents is 1. The van der Waals surface area contributed by atoms with Crippen LogP contribution in [0.3, 0.4) is 0 Å². The number of nitrogens with one attached hydrogen (secondary N) is 1. The minimum atomic E-state index is -0.756. The van der Waals surface area contributed by atoms with Gasteiger partial charge >= 0.3 is 0 Å². The molecule has 0 fully saturated rings. The van der Waals surface area contributed by atoms with Crippen molar-refractivity contribution in [2.45, 2.75) is 13.0 Å². The highest BCUT2D eigenvalue weighted by Gasteiger charge is 2.13. The van der Waals surface area contributed by atoms with Gasteiger partial charge in [-0.15, -0.1) is 11.6 Å². The molecule has 0 saturated carbocycles. The summed E-state index contributed by atoms with van der Waals surface area (Å²) in [7, 11) is 0. The van der Waals surface area contributed by atoms with Crippen molar-refractivity contribution in [1.82, 2.24) is 0 Å². The molecule has 0 spiro atoms. The minimum absolute atomic E-state index is 0.0647. The number of nitrogens with zero attached hydrogens (tertiary/aromatic N) is 1. The van der Waals surface area contributed by atoms with Gasteiger partial charge in [0.15, 0.2) is 0 Å². The third-order valence-corrected chi connectivity index (χ3v) is 3.78. The second-order valence-electron chi connectivity index (χ2n) is 5.17. The summed E-state index contributed by atoms with van der Waals surface area (Å²) in [4.78, 5) is 10.6. The van der Waals surface area contributed by atoms with Crippen LogP contribution in [0.2, 0.25) is 5.02 Å². The summed E-state index contributed by atoms with van der Waals surface area (Å²) in [6.07, 6.45) is -0.756. The Morgan fingerprint density at radius 3 is 2.71 bits per heavy atom. The van der Waals surface area contributed by atoms with Gasteiger partial charge in [-0.25, -0.2) is 0 Å². The van der Waals surface area contributed by atoms with Gasteiger partial charge in [-0.05, 0) is 30.7 Å². The van der Waals surface area contributed by atoms with E-state index in [4.69, 9.17) is 27.9 Å². The molecule has 0 amide bonds. The van der Waals surface area contributed by atoms with Crippen LogP contribution in [0.25, 0.3) is 0 Å². The Kier molecular flexibility index (Phi) is 6.25. The van der Waals surface area contributed by atoms with E-state index in [1.807, 2.05) is 6.92 Å². The first kappa shape index (κ1) is 18.3. The predicted molar refractivity (Wildman–Crippen MR) is 94.6 cm³/mol. The van der Waals surface area contributed by atoms with Crippen LogP contribution in [0.15, 0.2) is 36.4 Å². The van der Waals surface area contributed by atoms with Crippen molar-refractivity contribution in [3.05, 3.63) is 57.1 Å². The lowest BCUT2D eigenvalue weighted by Gasteiger charge is -2.13. The van der Waals surface area contributed by atoms with Crippen molar-refractivity contribution >= 4 is 34.6 Å². The molecule has 0 aliphatic heterocycles. The average Bonchev–Trinajstić information content (AvgIpc) is 2.55. The zero-order valence-corrected chi connectivity index (χ0v) is 14.3. The highest BCUT2D eigenvalue weighted by Crippen LogP contribution is 2.32. The number of hydrogen-bond acceptors (Lipinski definition) is 5. The summed E-state index contributed by atoms with van der Waals surface area (Å²) in [5.41, 5.74) is 1.14. The molecule has 0 radical (unpaired) electrons. The molecule has 0 aromatic heterocycles. The van der Waals surface area contributed by atoms with Gasteiger partial charge < -0.3 is 15.2 Å². The van der Waals surface area contributed by atoms with E-state index in [-0.39, 0.29) is 18.1 Å². The van der Waals surface area contributed by atoms with Gasteiger partial charge in [-0.3, -0.25) is 10.1 Å². The Labute approximate surface area is 149 Å². The van der Waals surface area contributed by atoms with Gasteiger partial charge in [-0.2, -0.15) is 0 Å². The zero-order chi connectivity index (χ0) is 17.7. The number of hydrogen-bond donors (Lipinski definition) is 2. The molecule has 2 rings (SSSR count).